The van der Waals surface area contributed by atoms with Gasteiger partial charge in [-0.15, -0.1) is 0 Å². The van der Waals surface area contributed by atoms with Crippen molar-refractivity contribution in [2.24, 2.45) is 7.05 Å². The van der Waals surface area contributed by atoms with Gasteiger partial charge >= 0.3 is 5.97 Å². The molecule has 3 aromatic heterocycles. The molecule has 154 valence electrons. The maximum absolute atomic E-state index is 12.4. The van der Waals surface area contributed by atoms with Crippen molar-refractivity contribution in [3.05, 3.63) is 64.4 Å². The first-order valence-corrected chi connectivity index (χ1v) is 9.89. The third-order valence-electron chi connectivity index (χ3n) is 5.19. The van der Waals surface area contributed by atoms with Gasteiger partial charge in [-0.25, -0.2) is 9.78 Å². The van der Waals surface area contributed by atoms with Crippen LogP contribution in [-0.2, 0) is 18.3 Å². The summed E-state index contributed by atoms with van der Waals surface area (Å²) >= 11 is 0. The zero-order valence-corrected chi connectivity index (χ0v) is 17.4. The van der Waals surface area contributed by atoms with E-state index in [1.54, 1.807) is 27.1 Å². The van der Waals surface area contributed by atoms with Crippen LogP contribution >= 0.6 is 0 Å². The van der Waals surface area contributed by atoms with Gasteiger partial charge in [-0.2, -0.15) is 4.74 Å². The number of esters is 1. The van der Waals surface area contributed by atoms with E-state index < -0.39 is 5.97 Å². The Morgan fingerprint density at radius 3 is 2.43 bits per heavy atom. The minimum atomic E-state index is -0.427. The third-order valence-corrected chi connectivity index (χ3v) is 5.19. The van der Waals surface area contributed by atoms with Gasteiger partial charge in [0.2, 0.25) is 0 Å². The summed E-state index contributed by atoms with van der Waals surface area (Å²) in [5, 5.41) is 0.925. The van der Waals surface area contributed by atoms with Gasteiger partial charge in [0.1, 0.15) is 5.76 Å². The van der Waals surface area contributed by atoms with Crippen LogP contribution in [-0.4, -0.2) is 26.9 Å². The predicted molar refractivity (Wildman–Crippen MR) is 114 cm³/mol. The number of hydrogen-bond acceptors (Lipinski definition) is 5. The second kappa shape index (κ2) is 7.67. The molecule has 0 radical (unpaired) electrons. The van der Waals surface area contributed by atoms with Crippen LogP contribution in [0.3, 0.4) is 0 Å². The van der Waals surface area contributed by atoms with Crippen LogP contribution in [0.1, 0.15) is 30.1 Å². The number of carbonyl (C=O) groups excluding carboxylic acids is 1. The molecule has 7 nitrogen and oxygen atoms in total. The maximum Gasteiger partial charge on any atom is 0.359 e. The monoisotopic (exact) mass is 405 g/mol. The molecular formula is C23H23N3O4. The predicted octanol–water partition coefficient (Wildman–Crippen LogP) is 4.17. The lowest BCUT2D eigenvalue weighted by molar-refractivity contribution is 0.0521. The minimum Gasteiger partial charge on any atom is -0.461 e. The SMILES string of the molecule is CCOC(=O)c1nccc2cc(-c3ccc(-c4c(C)on(C)c4=O)cc3)n(CC)c12. The van der Waals surface area contributed by atoms with E-state index >= 15 is 0 Å². The third kappa shape index (κ3) is 3.12. The fraction of sp³-hybridized carbons (Fsp3) is 0.261. The molecule has 0 amide bonds. The summed E-state index contributed by atoms with van der Waals surface area (Å²) in [6.45, 7) is 6.55. The van der Waals surface area contributed by atoms with E-state index in [-0.39, 0.29) is 5.56 Å². The second-order valence-corrected chi connectivity index (χ2v) is 6.99. The summed E-state index contributed by atoms with van der Waals surface area (Å²) in [4.78, 5) is 29.0. The van der Waals surface area contributed by atoms with Crippen molar-refractivity contribution < 1.29 is 14.1 Å². The van der Waals surface area contributed by atoms with Gasteiger partial charge in [0.05, 0.1) is 17.7 Å². The number of ether oxygens (including phenoxy) is 1. The molecule has 0 saturated carbocycles. The van der Waals surface area contributed by atoms with E-state index in [1.807, 2.05) is 43.3 Å². The Balaban J connectivity index is 1.83. The van der Waals surface area contributed by atoms with Gasteiger partial charge in [0, 0.05) is 30.9 Å². The number of nitrogens with zero attached hydrogens (tertiary/aromatic N) is 3. The number of carbonyl (C=O) groups is 1. The van der Waals surface area contributed by atoms with E-state index in [2.05, 4.69) is 9.55 Å². The van der Waals surface area contributed by atoms with E-state index in [4.69, 9.17) is 9.26 Å². The summed E-state index contributed by atoms with van der Waals surface area (Å²) in [6.07, 6.45) is 1.62. The van der Waals surface area contributed by atoms with Crippen LogP contribution in [0.15, 0.2) is 51.9 Å². The zero-order chi connectivity index (χ0) is 21.4. The lowest BCUT2D eigenvalue weighted by Gasteiger charge is -2.11. The standard InChI is InChI=1S/C23H23N3O4/c1-5-26-18(13-17-11-12-24-20(21(17)26)23(28)29-6-2)15-7-9-16(10-8-15)19-14(3)30-25(4)22(19)27/h7-13H,5-6H2,1-4H3. The first kappa shape index (κ1) is 19.7. The molecule has 0 aliphatic rings. The van der Waals surface area contributed by atoms with Gasteiger partial charge in [0.15, 0.2) is 5.69 Å². The Kier molecular flexibility index (Phi) is 5.03. The van der Waals surface area contributed by atoms with Crippen molar-refractivity contribution in [2.75, 3.05) is 6.61 Å². The quantitative estimate of drug-likeness (QED) is 0.466. The molecular weight excluding hydrogens is 382 g/mol. The normalized spacial score (nSPS) is 11.2. The minimum absolute atomic E-state index is 0.159. The van der Waals surface area contributed by atoms with Crippen LogP contribution in [0, 0.1) is 6.92 Å². The highest BCUT2D eigenvalue weighted by atomic mass is 16.5. The molecule has 30 heavy (non-hydrogen) atoms. The van der Waals surface area contributed by atoms with Crippen molar-refractivity contribution in [1.82, 2.24) is 14.3 Å². The van der Waals surface area contributed by atoms with Crippen LogP contribution in [0.5, 0.6) is 0 Å². The lowest BCUT2D eigenvalue weighted by Crippen LogP contribution is -2.11. The maximum atomic E-state index is 12.4. The Morgan fingerprint density at radius 2 is 1.83 bits per heavy atom. The van der Waals surface area contributed by atoms with Crippen LogP contribution in [0.4, 0.5) is 0 Å². The van der Waals surface area contributed by atoms with Gasteiger partial charge in [0.25, 0.3) is 5.56 Å². The fourth-order valence-electron chi connectivity index (χ4n) is 3.87. The summed E-state index contributed by atoms with van der Waals surface area (Å²) < 4.78 is 13.9. The molecule has 0 atom stereocenters. The Bertz CT molecular complexity index is 1290. The summed E-state index contributed by atoms with van der Waals surface area (Å²) in [6, 6.07) is 11.7. The molecule has 0 bridgehead atoms. The van der Waals surface area contributed by atoms with Gasteiger partial charge in [-0.3, -0.25) is 4.79 Å². The summed E-state index contributed by atoms with van der Waals surface area (Å²) in [5.41, 5.74) is 4.23. The smallest absolute Gasteiger partial charge is 0.359 e. The van der Waals surface area contributed by atoms with E-state index in [0.717, 1.165) is 27.7 Å². The molecule has 0 N–H and O–H groups in total. The number of fused-ring (bicyclic) bond motifs is 1. The van der Waals surface area contributed by atoms with Crippen molar-refractivity contribution in [3.8, 4) is 22.4 Å². The molecule has 4 aromatic rings. The average Bonchev–Trinajstić information content (AvgIpc) is 3.24. The molecule has 7 heteroatoms. The van der Waals surface area contributed by atoms with Gasteiger partial charge in [-0.1, -0.05) is 24.3 Å². The Hall–Kier alpha value is -3.61. The molecule has 0 fully saturated rings. The van der Waals surface area contributed by atoms with E-state index in [1.165, 1.54) is 4.74 Å². The van der Waals surface area contributed by atoms with Gasteiger partial charge < -0.3 is 13.8 Å². The number of pyridine rings is 1. The molecule has 0 aliphatic carbocycles. The zero-order valence-electron chi connectivity index (χ0n) is 17.4. The first-order chi connectivity index (χ1) is 14.5. The highest BCUT2D eigenvalue weighted by Gasteiger charge is 2.20. The summed E-state index contributed by atoms with van der Waals surface area (Å²) in [5.74, 6) is 0.159. The number of aromatic nitrogens is 3. The summed E-state index contributed by atoms with van der Waals surface area (Å²) in [7, 11) is 1.60. The number of benzene rings is 1. The number of rotatable bonds is 5. The second-order valence-electron chi connectivity index (χ2n) is 6.99. The van der Waals surface area contributed by atoms with Crippen LogP contribution < -0.4 is 5.56 Å². The van der Waals surface area contributed by atoms with Crippen molar-refractivity contribution in [2.45, 2.75) is 27.3 Å². The average molecular weight is 405 g/mol. The van der Waals surface area contributed by atoms with Crippen molar-refractivity contribution in [3.63, 3.8) is 0 Å². The van der Waals surface area contributed by atoms with Gasteiger partial charge in [-0.05, 0) is 44.0 Å². The number of aryl methyl sites for hydroxylation is 3. The molecule has 1 aromatic carbocycles. The van der Waals surface area contributed by atoms with E-state index in [9.17, 15) is 9.59 Å². The molecule has 0 unspecified atom stereocenters. The molecule has 0 aliphatic heterocycles. The van der Waals surface area contributed by atoms with Crippen molar-refractivity contribution >= 4 is 16.9 Å². The van der Waals surface area contributed by atoms with Crippen molar-refractivity contribution in [1.29, 1.82) is 0 Å². The van der Waals surface area contributed by atoms with Crippen LogP contribution in [0.2, 0.25) is 0 Å². The Morgan fingerprint density at radius 1 is 1.13 bits per heavy atom. The van der Waals surface area contributed by atoms with E-state index in [0.29, 0.717) is 30.2 Å². The largest absolute Gasteiger partial charge is 0.461 e. The highest BCUT2D eigenvalue weighted by molar-refractivity contribution is 6.03. The number of hydrogen-bond donors (Lipinski definition) is 0. The van der Waals surface area contributed by atoms with Crippen LogP contribution in [0.25, 0.3) is 33.3 Å². The molecule has 3 heterocycles. The lowest BCUT2D eigenvalue weighted by atomic mass is 10.0. The fourth-order valence-corrected chi connectivity index (χ4v) is 3.87. The molecule has 0 saturated heterocycles. The molecule has 0 spiro atoms. The topological polar surface area (TPSA) is 79.3 Å². The Labute approximate surface area is 173 Å². The first-order valence-electron chi connectivity index (χ1n) is 9.89. The highest BCUT2D eigenvalue weighted by Crippen LogP contribution is 2.31. The molecule has 4 rings (SSSR count).